The van der Waals surface area contributed by atoms with E-state index in [2.05, 4.69) is 15.9 Å². The second-order valence-corrected chi connectivity index (χ2v) is 4.91. The van der Waals surface area contributed by atoms with Crippen molar-refractivity contribution in [2.45, 2.75) is 13.0 Å². The number of carboxylic acids is 1. The molecule has 98 valence electrons. The van der Waals surface area contributed by atoms with Gasteiger partial charge in [0.2, 0.25) is 0 Å². The molecule has 0 atom stereocenters. The number of carboxylic acid groups (broad SMARTS) is 1. The number of halogens is 1. The van der Waals surface area contributed by atoms with Crippen LogP contribution in [0.25, 0.3) is 0 Å². The lowest BCUT2D eigenvalue weighted by atomic mass is 10.1. The molecule has 0 fully saturated rings. The molecule has 0 unspecified atom stereocenters. The van der Waals surface area contributed by atoms with Gasteiger partial charge in [-0.15, -0.1) is 0 Å². The topological polar surface area (TPSA) is 46.5 Å². The molecule has 2 aromatic rings. The van der Waals surface area contributed by atoms with E-state index in [-0.39, 0.29) is 6.42 Å². The second kappa shape index (κ2) is 6.38. The first-order valence-corrected chi connectivity index (χ1v) is 6.62. The number of benzene rings is 2. The van der Waals surface area contributed by atoms with Gasteiger partial charge in [0.05, 0.1) is 10.9 Å². The maximum absolute atomic E-state index is 10.8. The van der Waals surface area contributed by atoms with Gasteiger partial charge in [-0.1, -0.05) is 36.4 Å². The summed E-state index contributed by atoms with van der Waals surface area (Å²) >= 11 is 3.41. The Morgan fingerprint density at radius 1 is 1.05 bits per heavy atom. The Hall–Kier alpha value is -1.81. The summed E-state index contributed by atoms with van der Waals surface area (Å²) in [6.07, 6.45) is 0.00942. The average molecular weight is 321 g/mol. The molecule has 0 aliphatic rings. The fourth-order valence-corrected chi connectivity index (χ4v) is 2.15. The Morgan fingerprint density at radius 3 is 2.37 bits per heavy atom. The van der Waals surface area contributed by atoms with Crippen LogP contribution in [0.3, 0.4) is 0 Å². The molecule has 2 rings (SSSR count). The highest BCUT2D eigenvalue weighted by molar-refractivity contribution is 9.10. The molecule has 3 nitrogen and oxygen atoms in total. The summed E-state index contributed by atoms with van der Waals surface area (Å²) in [6, 6.07) is 15.0. The van der Waals surface area contributed by atoms with Crippen molar-refractivity contribution in [2.75, 3.05) is 0 Å². The minimum absolute atomic E-state index is 0.00942. The average Bonchev–Trinajstić information content (AvgIpc) is 2.39. The van der Waals surface area contributed by atoms with E-state index in [1.165, 1.54) is 0 Å². The van der Waals surface area contributed by atoms with Gasteiger partial charge in [-0.2, -0.15) is 0 Å². The Balaban J connectivity index is 2.11. The molecule has 0 aliphatic heterocycles. The van der Waals surface area contributed by atoms with Crippen molar-refractivity contribution in [1.29, 1.82) is 0 Å². The number of ether oxygens (including phenoxy) is 1. The maximum Gasteiger partial charge on any atom is 0.307 e. The fourth-order valence-electron chi connectivity index (χ4n) is 1.75. The zero-order valence-corrected chi connectivity index (χ0v) is 11.8. The Labute approximate surface area is 120 Å². The van der Waals surface area contributed by atoms with Crippen LogP contribution in [-0.4, -0.2) is 11.1 Å². The van der Waals surface area contributed by atoms with E-state index >= 15 is 0 Å². The Bertz CT molecular complexity index is 581. The van der Waals surface area contributed by atoms with Crippen molar-refractivity contribution in [3.8, 4) is 5.75 Å². The molecule has 2 aromatic carbocycles. The number of hydrogen-bond donors (Lipinski definition) is 1. The quantitative estimate of drug-likeness (QED) is 0.914. The lowest BCUT2D eigenvalue weighted by Gasteiger charge is -2.11. The molecule has 0 aromatic heterocycles. The van der Waals surface area contributed by atoms with E-state index in [0.29, 0.717) is 6.61 Å². The van der Waals surface area contributed by atoms with Crippen LogP contribution in [0.2, 0.25) is 0 Å². The number of carbonyl (C=O) groups is 1. The van der Waals surface area contributed by atoms with Gasteiger partial charge in [0.15, 0.2) is 0 Å². The van der Waals surface area contributed by atoms with E-state index in [1.54, 1.807) is 0 Å². The summed E-state index contributed by atoms with van der Waals surface area (Å²) in [4.78, 5) is 10.8. The van der Waals surface area contributed by atoms with Gasteiger partial charge in [-0.05, 0) is 39.2 Å². The van der Waals surface area contributed by atoms with Crippen LogP contribution in [0.4, 0.5) is 0 Å². The third-order valence-electron chi connectivity index (χ3n) is 2.68. The molecule has 0 amide bonds. The standard InChI is InChI=1S/C15H13BrO3/c16-13-7-3-4-8-14(13)19-10-12-6-2-1-5-11(12)9-15(17)18/h1-8H,9-10H2,(H,17,18). The van der Waals surface area contributed by atoms with Gasteiger partial charge in [-0.25, -0.2) is 0 Å². The molecule has 0 saturated carbocycles. The summed E-state index contributed by atoms with van der Waals surface area (Å²) in [5.41, 5.74) is 1.67. The molecule has 4 heteroatoms. The first kappa shape index (κ1) is 13.6. The molecular formula is C15H13BrO3. The molecule has 0 radical (unpaired) electrons. The van der Waals surface area contributed by atoms with Gasteiger partial charge in [0, 0.05) is 0 Å². The lowest BCUT2D eigenvalue weighted by molar-refractivity contribution is -0.136. The van der Waals surface area contributed by atoms with Crippen molar-refractivity contribution < 1.29 is 14.6 Å². The van der Waals surface area contributed by atoms with Crippen LogP contribution in [0.15, 0.2) is 53.0 Å². The summed E-state index contributed by atoms with van der Waals surface area (Å²) < 4.78 is 6.59. The van der Waals surface area contributed by atoms with E-state index in [0.717, 1.165) is 21.3 Å². The third kappa shape index (κ3) is 3.83. The SMILES string of the molecule is O=C(O)Cc1ccccc1COc1ccccc1Br. The smallest absolute Gasteiger partial charge is 0.307 e. The second-order valence-electron chi connectivity index (χ2n) is 4.06. The van der Waals surface area contributed by atoms with Gasteiger partial charge in [-0.3, -0.25) is 4.79 Å². The van der Waals surface area contributed by atoms with Crippen LogP contribution in [0.5, 0.6) is 5.75 Å². The number of aliphatic carboxylic acids is 1. The van der Waals surface area contributed by atoms with Crippen molar-refractivity contribution >= 4 is 21.9 Å². The zero-order chi connectivity index (χ0) is 13.7. The Kier molecular flexibility index (Phi) is 4.58. The summed E-state index contributed by atoms with van der Waals surface area (Å²) in [6.45, 7) is 0.353. The molecule has 0 saturated heterocycles. The lowest BCUT2D eigenvalue weighted by Crippen LogP contribution is -2.06. The predicted molar refractivity (Wildman–Crippen MR) is 76.3 cm³/mol. The molecule has 19 heavy (non-hydrogen) atoms. The van der Waals surface area contributed by atoms with Gasteiger partial charge >= 0.3 is 5.97 Å². The molecule has 0 bridgehead atoms. The van der Waals surface area contributed by atoms with Gasteiger partial charge < -0.3 is 9.84 Å². The van der Waals surface area contributed by atoms with Gasteiger partial charge in [0.25, 0.3) is 0 Å². The first-order valence-electron chi connectivity index (χ1n) is 5.82. The first-order chi connectivity index (χ1) is 9.16. The van der Waals surface area contributed by atoms with Gasteiger partial charge in [0.1, 0.15) is 12.4 Å². The van der Waals surface area contributed by atoms with Crippen molar-refractivity contribution in [2.24, 2.45) is 0 Å². The minimum Gasteiger partial charge on any atom is -0.488 e. The predicted octanol–water partition coefficient (Wildman–Crippen LogP) is 3.66. The maximum atomic E-state index is 10.8. The molecule has 0 heterocycles. The van der Waals surface area contributed by atoms with Crippen LogP contribution in [-0.2, 0) is 17.8 Å². The van der Waals surface area contributed by atoms with E-state index in [9.17, 15) is 4.79 Å². The summed E-state index contributed by atoms with van der Waals surface area (Å²) in [5.74, 6) is -0.0963. The van der Waals surface area contributed by atoms with E-state index < -0.39 is 5.97 Å². The highest BCUT2D eigenvalue weighted by Gasteiger charge is 2.07. The molecule has 1 N–H and O–H groups in total. The minimum atomic E-state index is -0.839. The summed E-state index contributed by atoms with van der Waals surface area (Å²) in [5, 5.41) is 8.87. The normalized spacial score (nSPS) is 10.2. The zero-order valence-electron chi connectivity index (χ0n) is 10.2. The van der Waals surface area contributed by atoms with Crippen LogP contribution >= 0.6 is 15.9 Å². The number of hydrogen-bond acceptors (Lipinski definition) is 2. The van der Waals surface area contributed by atoms with Crippen molar-refractivity contribution in [3.63, 3.8) is 0 Å². The highest BCUT2D eigenvalue weighted by Crippen LogP contribution is 2.25. The fraction of sp³-hybridized carbons (Fsp3) is 0.133. The number of rotatable bonds is 5. The molecule has 0 spiro atoms. The van der Waals surface area contributed by atoms with E-state index in [4.69, 9.17) is 9.84 Å². The van der Waals surface area contributed by atoms with Crippen molar-refractivity contribution in [3.05, 3.63) is 64.1 Å². The summed E-state index contributed by atoms with van der Waals surface area (Å²) in [7, 11) is 0. The van der Waals surface area contributed by atoms with Crippen molar-refractivity contribution in [1.82, 2.24) is 0 Å². The third-order valence-corrected chi connectivity index (χ3v) is 3.34. The van der Waals surface area contributed by atoms with Crippen LogP contribution in [0, 0.1) is 0 Å². The van der Waals surface area contributed by atoms with Crippen LogP contribution < -0.4 is 4.74 Å². The molecule has 0 aliphatic carbocycles. The van der Waals surface area contributed by atoms with Crippen LogP contribution in [0.1, 0.15) is 11.1 Å². The monoisotopic (exact) mass is 320 g/mol. The highest BCUT2D eigenvalue weighted by atomic mass is 79.9. The van der Waals surface area contributed by atoms with E-state index in [1.807, 2.05) is 48.5 Å². The molecular weight excluding hydrogens is 308 g/mol. The Morgan fingerprint density at radius 2 is 1.68 bits per heavy atom. The largest absolute Gasteiger partial charge is 0.488 e. The number of para-hydroxylation sites is 1.